The molecule has 4 N–H and O–H groups in total. The van der Waals surface area contributed by atoms with Crippen LogP contribution in [-0.2, 0) is 20.9 Å². The number of anilines is 2. The Morgan fingerprint density at radius 1 is 0.873 bits per heavy atom. The summed E-state index contributed by atoms with van der Waals surface area (Å²) in [7, 11) is 1.12. The molecule has 3 aromatic rings. The Morgan fingerprint density at radius 2 is 1.45 bits per heavy atom. The van der Waals surface area contributed by atoms with Crippen molar-refractivity contribution in [1.29, 1.82) is 0 Å². The zero-order valence-corrected chi connectivity index (χ0v) is 29.3. The number of methoxy groups -OCH3 is 1. The van der Waals surface area contributed by atoms with Gasteiger partial charge in [0.2, 0.25) is 5.91 Å². The number of carboxylic acids is 1. The van der Waals surface area contributed by atoms with E-state index in [2.05, 4.69) is 16.0 Å². The number of para-hydroxylation sites is 1. The molecular formula is C36H38F6N5NaO7. The molecule has 19 heteroatoms. The van der Waals surface area contributed by atoms with Crippen LogP contribution in [0.15, 0.2) is 72.8 Å². The predicted octanol–water partition coefficient (Wildman–Crippen LogP) is 6.37. The number of aliphatic carboxylic acids is 1. The van der Waals surface area contributed by atoms with Crippen molar-refractivity contribution in [2.24, 2.45) is 5.92 Å². The van der Waals surface area contributed by atoms with E-state index in [1.54, 1.807) is 37.3 Å². The van der Waals surface area contributed by atoms with Crippen LogP contribution in [-0.4, -0.2) is 105 Å². The molecule has 12 nitrogen and oxygen atoms in total. The molecule has 1 heterocycles. The summed E-state index contributed by atoms with van der Waals surface area (Å²) in [4.78, 5) is 64.7. The van der Waals surface area contributed by atoms with Crippen molar-refractivity contribution in [1.82, 2.24) is 15.1 Å². The van der Waals surface area contributed by atoms with E-state index in [-0.39, 0.29) is 57.0 Å². The molecule has 0 aliphatic carbocycles. The number of hydrogen-bond acceptors (Lipinski definition) is 6. The summed E-state index contributed by atoms with van der Waals surface area (Å²) in [5, 5.41) is 16.8. The summed E-state index contributed by atoms with van der Waals surface area (Å²) in [5.41, 5.74) is -4.44. The second kappa shape index (κ2) is 17.8. The maximum absolute atomic E-state index is 14.9. The Hall–Kier alpha value is -4.81. The van der Waals surface area contributed by atoms with Gasteiger partial charge in [0.1, 0.15) is 11.8 Å². The van der Waals surface area contributed by atoms with Crippen molar-refractivity contribution in [3.05, 3.63) is 89.5 Å². The Kier molecular flexibility index (Phi) is 14.4. The second-order valence-electron chi connectivity index (χ2n) is 12.9. The number of halogens is 6. The number of ether oxygens (including phenoxy) is 1. The summed E-state index contributed by atoms with van der Waals surface area (Å²) in [6, 6.07) is 11.0. The third-order valence-corrected chi connectivity index (χ3v) is 8.64. The summed E-state index contributed by atoms with van der Waals surface area (Å²) in [6.45, 7) is 3.20. The number of rotatable bonds is 13. The van der Waals surface area contributed by atoms with Gasteiger partial charge in [0.15, 0.2) is 0 Å². The first-order valence-corrected chi connectivity index (χ1v) is 16.4. The van der Waals surface area contributed by atoms with E-state index in [9.17, 15) is 55.4 Å². The third kappa shape index (κ3) is 9.53. The normalized spacial score (nSPS) is 15.3. The molecule has 1 fully saturated rings. The molecule has 2 atom stereocenters. The molecule has 0 radical (unpaired) electrons. The van der Waals surface area contributed by atoms with Crippen LogP contribution in [0.3, 0.4) is 0 Å². The van der Waals surface area contributed by atoms with Gasteiger partial charge in [0.05, 0.1) is 25.3 Å². The van der Waals surface area contributed by atoms with Crippen LogP contribution in [0.25, 0.3) is 0 Å². The molecule has 0 saturated carbocycles. The predicted molar refractivity (Wildman–Crippen MR) is 189 cm³/mol. The van der Waals surface area contributed by atoms with Gasteiger partial charge in [-0.3, -0.25) is 19.3 Å². The second-order valence-corrected chi connectivity index (χ2v) is 12.9. The molecular weight excluding hydrogens is 751 g/mol. The topological polar surface area (TPSA) is 157 Å². The molecule has 1 aliphatic heterocycles. The fourth-order valence-corrected chi connectivity index (χ4v) is 6.09. The molecule has 3 aromatic carbocycles. The van der Waals surface area contributed by atoms with E-state index in [4.69, 9.17) is 4.74 Å². The van der Waals surface area contributed by atoms with Crippen molar-refractivity contribution in [3.63, 3.8) is 0 Å². The number of urea groups is 2. The Balaban J connectivity index is 0.00000812. The average molecular weight is 790 g/mol. The van der Waals surface area contributed by atoms with E-state index >= 15 is 0 Å². The van der Waals surface area contributed by atoms with Crippen LogP contribution in [0.5, 0.6) is 5.75 Å². The number of nitrogens with one attached hydrogen (secondary N) is 3. The molecule has 55 heavy (non-hydrogen) atoms. The number of imide groups is 1. The van der Waals surface area contributed by atoms with Crippen LogP contribution < -0.4 is 20.7 Å². The Labute approximate surface area is 333 Å². The van der Waals surface area contributed by atoms with Gasteiger partial charge in [0, 0.05) is 12.2 Å². The van der Waals surface area contributed by atoms with Crippen molar-refractivity contribution < 1.29 is 60.2 Å². The van der Waals surface area contributed by atoms with E-state index in [1.165, 1.54) is 38.1 Å². The van der Waals surface area contributed by atoms with E-state index in [0.29, 0.717) is 5.69 Å². The van der Waals surface area contributed by atoms with Gasteiger partial charge >= 0.3 is 65.5 Å². The quantitative estimate of drug-likeness (QED) is 0.0891. The summed E-state index contributed by atoms with van der Waals surface area (Å²) in [5.74, 6) is -6.37. The Bertz CT molecular complexity index is 1880. The van der Waals surface area contributed by atoms with Gasteiger partial charge in [-0.2, -0.15) is 26.3 Å². The fourth-order valence-electron chi connectivity index (χ4n) is 6.09. The van der Waals surface area contributed by atoms with Gasteiger partial charge in [-0.05, 0) is 54.2 Å². The summed E-state index contributed by atoms with van der Waals surface area (Å²) >= 11 is 0. The summed E-state index contributed by atoms with van der Waals surface area (Å²) < 4.78 is 94.7. The van der Waals surface area contributed by atoms with Crippen LogP contribution >= 0.6 is 0 Å². The number of aryl methyl sites for hydroxylation is 1. The van der Waals surface area contributed by atoms with Crippen molar-refractivity contribution in [2.45, 2.75) is 70.1 Å². The number of hydrogen-bond donors (Lipinski definition) is 4. The molecule has 0 bridgehead atoms. The van der Waals surface area contributed by atoms with Gasteiger partial charge in [0.25, 0.3) is 5.91 Å². The van der Waals surface area contributed by atoms with E-state index in [0.717, 1.165) is 30.9 Å². The molecule has 2 unspecified atom stereocenters. The zero-order chi connectivity index (χ0) is 40.2. The SMILES string of the molecule is COc1cc(CN2C(=O)N(C(CC(C)C)C(=O)NC(CC(=O)O)c3ccccc3)C(=O)C2(C(F)(F)F)C(F)(F)F)ccc1NC(=O)Nc1ccccc1C.[NaH]. The minimum atomic E-state index is -6.44. The van der Waals surface area contributed by atoms with E-state index in [1.807, 2.05) is 0 Å². The number of carbonyl (C=O) groups excluding carboxylic acids is 4. The first kappa shape index (κ1) is 44.6. The first-order valence-electron chi connectivity index (χ1n) is 16.4. The number of nitrogens with zero attached hydrogens (tertiary/aromatic N) is 2. The number of amides is 6. The van der Waals surface area contributed by atoms with Crippen molar-refractivity contribution in [2.75, 3.05) is 17.7 Å². The summed E-state index contributed by atoms with van der Waals surface area (Å²) in [6.07, 6.45) is -14.2. The minimum absolute atomic E-state index is 0. The molecule has 292 valence electrons. The molecule has 4 rings (SSSR count). The van der Waals surface area contributed by atoms with Gasteiger partial charge in [-0.15, -0.1) is 0 Å². The van der Waals surface area contributed by atoms with Gasteiger partial charge < -0.3 is 25.8 Å². The number of carbonyl (C=O) groups is 5. The van der Waals surface area contributed by atoms with Crippen LogP contribution in [0, 0.1) is 12.8 Å². The van der Waals surface area contributed by atoms with Gasteiger partial charge in [-0.25, -0.2) is 14.5 Å². The monoisotopic (exact) mass is 789 g/mol. The standard InChI is InChI=1S/C36H37F6N5O7.Na.H/c1-20(2)16-27(30(50)43-26(18-29(48)49)23-11-6-5-7-12-23)47-31(51)34(35(37,38)39,36(40,41)42)46(33(47)53)19-22-14-15-25(28(17-22)54-4)45-32(52)44-24-13-9-8-10-21(24)3;;/h5-15,17,20,26-27H,16,18-19H2,1-4H3,(H,43,50)(H,48,49)(H2,44,45,52);;. The maximum atomic E-state index is 14.9. The van der Waals surface area contributed by atoms with Crippen molar-refractivity contribution in [3.8, 4) is 5.75 Å². The Morgan fingerprint density at radius 3 is 2.00 bits per heavy atom. The molecule has 1 saturated heterocycles. The average Bonchev–Trinajstić information content (AvgIpc) is 3.30. The van der Waals surface area contributed by atoms with Crippen LogP contribution in [0.2, 0.25) is 0 Å². The number of benzene rings is 3. The van der Waals surface area contributed by atoms with Crippen LogP contribution in [0.1, 0.15) is 49.4 Å². The van der Waals surface area contributed by atoms with Gasteiger partial charge in [-0.1, -0.05) is 68.4 Å². The molecule has 1 aliphatic rings. The zero-order valence-electron chi connectivity index (χ0n) is 29.3. The molecule has 6 amide bonds. The fraction of sp³-hybridized carbons (Fsp3) is 0.361. The van der Waals surface area contributed by atoms with E-state index < -0.39 is 90.0 Å². The number of alkyl halides is 6. The molecule has 0 spiro atoms. The van der Waals surface area contributed by atoms with Crippen molar-refractivity contribution >= 4 is 70.8 Å². The van der Waals surface area contributed by atoms with Crippen LogP contribution in [0.4, 0.5) is 47.3 Å². The first-order chi connectivity index (χ1) is 25.2. The number of carboxylic acid groups (broad SMARTS) is 1. The third-order valence-electron chi connectivity index (χ3n) is 8.64. The molecule has 0 aromatic heterocycles.